The Morgan fingerprint density at radius 1 is 1.38 bits per heavy atom. The summed E-state index contributed by atoms with van der Waals surface area (Å²) in [5.74, 6) is 1.51. The van der Waals surface area contributed by atoms with E-state index in [9.17, 15) is 10.1 Å². The number of hydrogen-bond donors (Lipinski definition) is 1. The van der Waals surface area contributed by atoms with E-state index in [1.54, 1.807) is 13.1 Å². The number of rotatable bonds is 5. The smallest absolute Gasteiger partial charge is 0.273 e. The summed E-state index contributed by atoms with van der Waals surface area (Å²) in [4.78, 5) is 18.7. The standard InChI is InChI=1S/C14H16N4O3/c1-4-11-13(15-3)16-8-17-14(11)21-12-7-10(18(19)20)6-5-9(12)2/h5-8H,4H2,1-3H3,(H,15,16,17). The van der Waals surface area contributed by atoms with Crippen LogP contribution in [0.2, 0.25) is 0 Å². The predicted molar refractivity (Wildman–Crippen MR) is 78.9 cm³/mol. The van der Waals surface area contributed by atoms with Crippen LogP contribution in [0.15, 0.2) is 24.5 Å². The van der Waals surface area contributed by atoms with Gasteiger partial charge in [-0.15, -0.1) is 0 Å². The van der Waals surface area contributed by atoms with Crippen LogP contribution in [0.1, 0.15) is 18.1 Å². The van der Waals surface area contributed by atoms with Crippen LogP contribution in [0.5, 0.6) is 11.6 Å². The molecule has 1 N–H and O–H groups in total. The second-order valence-electron chi connectivity index (χ2n) is 4.42. The third-order valence-electron chi connectivity index (χ3n) is 3.09. The number of nitro benzene ring substituents is 1. The average molecular weight is 288 g/mol. The Morgan fingerprint density at radius 3 is 2.76 bits per heavy atom. The summed E-state index contributed by atoms with van der Waals surface area (Å²) in [5.41, 5.74) is 1.61. The number of aryl methyl sites for hydroxylation is 1. The zero-order chi connectivity index (χ0) is 15.4. The Morgan fingerprint density at radius 2 is 2.14 bits per heavy atom. The van der Waals surface area contributed by atoms with Gasteiger partial charge in [0.15, 0.2) is 0 Å². The zero-order valence-electron chi connectivity index (χ0n) is 12.1. The molecular weight excluding hydrogens is 272 g/mol. The normalized spacial score (nSPS) is 10.2. The first-order valence-electron chi connectivity index (χ1n) is 6.51. The summed E-state index contributed by atoms with van der Waals surface area (Å²) in [5, 5.41) is 13.8. The maximum absolute atomic E-state index is 10.9. The summed E-state index contributed by atoms with van der Waals surface area (Å²) in [6, 6.07) is 4.50. The average Bonchev–Trinajstić information content (AvgIpc) is 2.48. The number of aromatic nitrogens is 2. The molecule has 0 atom stereocenters. The van der Waals surface area contributed by atoms with E-state index in [1.807, 2.05) is 13.8 Å². The van der Waals surface area contributed by atoms with Crippen molar-refractivity contribution < 1.29 is 9.66 Å². The molecule has 0 saturated carbocycles. The number of nitrogens with zero attached hydrogens (tertiary/aromatic N) is 3. The fourth-order valence-electron chi connectivity index (χ4n) is 1.93. The Hall–Kier alpha value is -2.70. The highest BCUT2D eigenvalue weighted by Gasteiger charge is 2.14. The van der Waals surface area contributed by atoms with Crippen LogP contribution in [0.3, 0.4) is 0 Å². The minimum Gasteiger partial charge on any atom is -0.438 e. The van der Waals surface area contributed by atoms with E-state index in [2.05, 4.69) is 15.3 Å². The third kappa shape index (κ3) is 3.07. The lowest BCUT2D eigenvalue weighted by Crippen LogP contribution is -2.03. The minimum absolute atomic E-state index is 0.0171. The quantitative estimate of drug-likeness (QED) is 0.671. The molecule has 110 valence electrons. The fraction of sp³-hybridized carbons (Fsp3) is 0.286. The van der Waals surface area contributed by atoms with Gasteiger partial charge in [0, 0.05) is 13.1 Å². The van der Waals surface area contributed by atoms with E-state index >= 15 is 0 Å². The van der Waals surface area contributed by atoms with Crippen LogP contribution in [0.4, 0.5) is 11.5 Å². The highest BCUT2D eigenvalue weighted by molar-refractivity contribution is 5.51. The molecule has 0 spiro atoms. The first-order chi connectivity index (χ1) is 10.1. The second kappa shape index (κ2) is 6.17. The van der Waals surface area contributed by atoms with E-state index in [4.69, 9.17) is 4.74 Å². The van der Waals surface area contributed by atoms with Crippen molar-refractivity contribution in [3.05, 3.63) is 45.8 Å². The molecule has 0 radical (unpaired) electrons. The van der Waals surface area contributed by atoms with Crippen molar-refractivity contribution in [3.63, 3.8) is 0 Å². The van der Waals surface area contributed by atoms with Gasteiger partial charge >= 0.3 is 0 Å². The Balaban J connectivity index is 2.43. The zero-order valence-corrected chi connectivity index (χ0v) is 12.1. The molecule has 7 heteroatoms. The molecule has 0 aliphatic carbocycles. The largest absolute Gasteiger partial charge is 0.438 e. The van der Waals surface area contributed by atoms with Crippen LogP contribution in [-0.2, 0) is 6.42 Å². The van der Waals surface area contributed by atoms with Crippen LogP contribution >= 0.6 is 0 Å². The molecule has 0 fully saturated rings. The summed E-state index contributed by atoms with van der Waals surface area (Å²) >= 11 is 0. The number of anilines is 1. The molecule has 0 aliphatic heterocycles. The van der Waals surface area contributed by atoms with Gasteiger partial charge in [0.05, 0.1) is 16.6 Å². The molecule has 0 unspecified atom stereocenters. The molecule has 1 aromatic heterocycles. The summed E-state index contributed by atoms with van der Waals surface area (Å²) in [7, 11) is 1.77. The van der Waals surface area contributed by atoms with Crippen LogP contribution in [-0.4, -0.2) is 21.9 Å². The first kappa shape index (κ1) is 14.7. The number of nitrogens with one attached hydrogen (secondary N) is 1. The molecule has 1 aromatic carbocycles. The van der Waals surface area contributed by atoms with Gasteiger partial charge in [0.2, 0.25) is 5.88 Å². The minimum atomic E-state index is -0.452. The predicted octanol–water partition coefficient (Wildman–Crippen LogP) is 3.09. The lowest BCUT2D eigenvalue weighted by atomic mass is 10.2. The van der Waals surface area contributed by atoms with Crippen LogP contribution in [0, 0.1) is 17.0 Å². The van der Waals surface area contributed by atoms with Crippen molar-refractivity contribution in [3.8, 4) is 11.6 Å². The number of nitro groups is 1. The van der Waals surface area contributed by atoms with Crippen molar-refractivity contribution >= 4 is 11.5 Å². The molecule has 0 aliphatic rings. The van der Waals surface area contributed by atoms with Crippen molar-refractivity contribution in [2.24, 2.45) is 0 Å². The molecule has 0 bridgehead atoms. The second-order valence-corrected chi connectivity index (χ2v) is 4.42. The van der Waals surface area contributed by atoms with Gasteiger partial charge in [0.25, 0.3) is 5.69 Å². The van der Waals surface area contributed by atoms with Gasteiger partial charge in [-0.2, -0.15) is 0 Å². The Bertz CT molecular complexity index is 673. The van der Waals surface area contributed by atoms with Gasteiger partial charge in [-0.1, -0.05) is 6.92 Å². The Kier molecular flexibility index (Phi) is 4.32. The van der Waals surface area contributed by atoms with Crippen LogP contribution in [0.25, 0.3) is 0 Å². The van der Waals surface area contributed by atoms with E-state index < -0.39 is 4.92 Å². The van der Waals surface area contributed by atoms with Gasteiger partial charge in [0.1, 0.15) is 17.9 Å². The molecular formula is C14H16N4O3. The lowest BCUT2D eigenvalue weighted by molar-refractivity contribution is -0.384. The van der Waals surface area contributed by atoms with Crippen LogP contribution < -0.4 is 10.1 Å². The molecule has 21 heavy (non-hydrogen) atoms. The van der Waals surface area contributed by atoms with E-state index in [-0.39, 0.29) is 5.69 Å². The van der Waals surface area contributed by atoms with Gasteiger partial charge in [-0.3, -0.25) is 10.1 Å². The van der Waals surface area contributed by atoms with Crippen molar-refractivity contribution in [2.45, 2.75) is 20.3 Å². The van der Waals surface area contributed by atoms with E-state index in [0.29, 0.717) is 23.9 Å². The third-order valence-corrected chi connectivity index (χ3v) is 3.09. The van der Waals surface area contributed by atoms with E-state index in [0.717, 1.165) is 11.1 Å². The molecule has 2 rings (SSSR count). The maximum atomic E-state index is 10.9. The molecule has 2 aromatic rings. The topological polar surface area (TPSA) is 90.2 Å². The summed E-state index contributed by atoms with van der Waals surface area (Å²) < 4.78 is 5.77. The number of ether oxygens (including phenoxy) is 1. The van der Waals surface area contributed by atoms with Gasteiger partial charge < -0.3 is 10.1 Å². The van der Waals surface area contributed by atoms with E-state index in [1.165, 1.54) is 18.5 Å². The number of non-ortho nitro benzene ring substituents is 1. The molecule has 0 amide bonds. The number of hydrogen-bond acceptors (Lipinski definition) is 6. The summed E-state index contributed by atoms with van der Waals surface area (Å²) in [6.45, 7) is 3.79. The van der Waals surface area contributed by atoms with Crippen molar-refractivity contribution in [1.82, 2.24) is 9.97 Å². The van der Waals surface area contributed by atoms with Gasteiger partial charge in [-0.25, -0.2) is 9.97 Å². The maximum Gasteiger partial charge on any atom is 0.273 e. The fourth-order valence-corrected chi connectivity index (χ4v) is 1.93. The van der Waals surface area contributed by atoms with Crippen molar-refractivity contribution in [2.75, 3.05) is 12.4 Å². The lowest BCUT2D eigenvalue weighted by Gasteiger charge is -2.13. The molecule has 0 saturated heterocycles. The Labute approximate surface area is 122 Å². The summed E-state index contributed by atoms with van der Waals surface area (Å²) in [6.07, 6.45) is 2.08. The van der Waals surface area contributed by atoms with Crippen molar-refractivity contribution in [1.29, 1.82) is 0 Å². The highest BCUT2D eigenvalue weighted by atomic mass is 16.6. The highest BCUT2D eigenvalue weighted by Crippen LogP contribution is 2.31. The van der Waals surface area contributed by atoms with Gasteiger partial charge in [-0.05, 0) is 25.0 Å². The SMILES string of the molecule is CCc1c(NC)ncnc1Oc1cc([N+](=O)[O-])ccc1C. The number of benzene rings is 1. The monoisotopic (exact) mass is 288 g/mol. The molecule has 7 nitrogen and oxygen atoms in total. The molecule has 1 heterocycles. The first-order valence-corrected chi connectivity index (χ1v) is 6.51.